The van der Waals surface area contributed by atoms with Gasteiger partial charge in [0.1, 0.15) is 6.33 Å². The van der Waals surface area contributed by atoms with Gasteiger partial charge in [0.25, 0.3) is 5.78 Å². The number of ether oxygens (including phenoxy) is 1. The van der Waals surface area contributed by atoms with E-state index in [1.165, 1.54) is 23.2 Å². The molecule has 0 aromatic carbocycles. The van der Waals surface area contributed by atoms with Gasteiger partial charge in [-0.25, -0.2) is 14.3 Å². The third-order valence-electron chi connectivity index (χ3n) is 1.65. The molecular formula is C8H8N4O2. The SMILES string of the molecule is CCOC(=O)c1cnc2ncnn2c1. The highest BCUT2D eigenvalue weighted by molar-refractivity contribution is 5.88. The van der Waals surface area contributed by atoms with Crippen molar-refractivity contribution in [3.8, 4) is 0 Å². The molecule has 0 bridgehead atoms. The van der Waals surface area contributed by atoms with E-state index in [-0.39, 0.29) is 0 Å². The molecule has 0 aliphatic heterocycles. The molecular weight excluding hydrogens is 184 g/mol. The Morgan fingerprint density at radius 1 is 1.57 bits per heavy atom. The van der Waals surface area contributed by atoms with E-state index in [2.05, 4.69) is 15.1 Å². The van der Waals surface area contributed by atoms with E-state index in [1.807, 2.05) is 0 Å². The molecule has 2 heterocycles. The molecule has 0 N–H and O–H groups in total. The number of hydrogen-bond donors (Lipinski definition) is 0. The van der Waals surface area contributed by atoms with E-state index in [0.29, 0.717) is 17.9 Å². The van der Waals surface area contributed by atoms with E-state index in [9.17, 15) is 4.79 Å². The van der Waals surface area contributed by atoms with Crippen molar-refractivity contribution in [3.05, 3.63) is 24.3 Å². The second-order valence-corrected chi connectivity index (χ2v) is 2.57. The predicted octanol–water partition coefficient (Wildman–Crippen LogP) is 0.301. The van der Waals surface area contributed by atoms with E-state index < -0.39 is 5.97 Å². The predicted molar refractivity (Wildman–Crippen MR) is 46.7 cm³/mol. The molecule has 0 unspecified atom stereocenters. The van der Waals surface area contributed by atoms with E-state index in [4.69, 9.17) is 4.74 Å². The van der Waals surface area contributed by atoms with Crippen molar-refractivity contribution in [2.24, 2.45) is 0 Å². The van der Waals surface area contributed by atoms with Crippen molar-refractivity contribution in [2.75, 3.05) is 6.61 Å². The molecule has 2 aromatic heterocycles. The maximum atomic E-state index is 11.3. The van der Waals surface area contributed by atoms with Crippen LogP contribution in [0.3, 0.4) is 0 Å². The molecule has 0 aliphatic carbocycles. The van der Waals surface area contributed by atoms with Crippen molar-refractivity contribution in [1.29, 1.82) is 0 Å². The fraction of sp³-hybridized carbons (Fsp3) is 0.250. The van der Waals surface area contributed by atoms with Crippen LogP contribution >= 0.6 is 0 Å². The Hall–Kier alpha value is -1.98. The zero-order valence-corrected chi connectivity index (χ0v) is 7.54. The summed E-state index contributed by atoms with van der Waals surface area (Å²) in [5, 5.41) is 3.86. The maximum Gasteiger partial charge on any atom is 0.341 e. The third kappa shape index (κ3) is 1.41. The summed E-state index contributed by atoms with van der Waals surface area (Å²) in [6.07, 6.45) is 4.33. The number of hydrogen-bond acceptors (Lipinski definition) is 5. The summed E-state index contributed by atoms with van der Waals surface area (Å²) in [5.74, 6) is 0.0513. The Balaban J connectivity index is 2.38. The summed E-state index contributed by atoms with van der Waals surface area (Å²) in [4.78, 5) is 19.1. The first-order valence-corrected chi connectivity index (χ1v) is 4.13. The number of rotatable bonds is 2. The topological polar surface area (TPSA) is 69.4 Å². The Bertz CT molecular complexity index is 465. The summed E-state index contributed by atoms with van der Waals surface area (Å²) in [6.45, 7) is 2.09. The fourth-order valence-electron chi connectivity index (χ4n) is 1.04. The van der Waals surface area contributed by atoms with Crippen LogP contribution in [0.5, 0.6) is 0 Å². The van der Waals surface area contributed by atoms with Gasteiger partial charge in [-0.1, -0.05) is 0 Å². The molecule has 0 amide bonds. The Labute approximate surface area is 79.5 Å². The Kier molecular flexibility index (Phi) is 2.10. The lowest BCUT2D eigenvalue weighted by Crippen LogP contribution is -2.07. The van der Waals surface area contributed by atoms with Crippen molar-refractivity contribution < 1.29 is 9.53 Å². The second kappa shape index (κ2) is 3.41. The van der Waals surface area contributed by atoms with Gasteiger partial charge in [-0.15, -0.1) is 0 Å². The molecule has 0 radical (unpaired) electrons. The highest BCUT2D eigenvalue weighted by Crippen LogP contribution is 2.01. The second-order valence-electron chi connectivity index (χ2n) is 2.57. The van der Waals surface area contributed by atoms with Crippen LogP contribution in [0.15, 0.2) is 18.7 Å². The number of carbonyl (C=O) groups is 1. The lowest BCUT2D eigenvalue weighted by molar-refractivity contribution is 0.0525. The lowest BCUT2D eigenvalue weighted by Gasteiger charge is -2.00. The molecule has 2 rings (SSSR count). The van der Waals surface area contributed by atoms with Crippen molar-refractivity contribution in [2.45, 2.75) is 6.92 Å². The van der Waals surface area contributed by atoms with Crippen molar-refractivity contribution in [1.82, 2.24) is 19.6 Å². The molecule has 6 nitrogen and oxygen atoms in total. The van der Waals surface area contributed by atoms with Gasteiger partial charge in [-0.2, -0.15) is 10.1 Å². The molecule has 6 heteroatoms. The molecule has 72 valence electrons. The summed E-state index contributed by atoms with van der Waals surface area (Å²) in [7, 11) is 0. The first kappa shape index (κ1) is 8.61. The van der Waals surface area contributed by atoms with E-state index in [1.54, 1.807) is 6.92 Å². The molecule has 0 spiro atoms. The van der Waals surface area contributed by atoms with Gasteiger partial charge in [0.05, 0.1) is 12.2 Å². The van der Waals surface area contributed by atoms with Crippen LogP contribution in [-0.2, 0) is 4.74 Å². The molecule has 0 fully saturated rings. The summed E-state index contributed by atoms with van der Waals surface area (Å²) < 4.78 is 6.24. The molecule has 0 saturated carbocycles. The number of fused-ring (bicyclic) bond motifs is 1. The first-order chi connectivity index (χ1) is 6.81. The van der Waals surface area contributed by atoms with Crippen LogP contribution in [0.1, 0.15) is 17.3 Å². The highest BCUT2D eigenvalue weighted by atomic mass is 16.5. The largest absolute Gasteiger partial charge is 0.462 e. The number of esters is 1. The van der Waals surface area contributed by atoms with Crippen LogP contribution < -0.4 is 0 Å². The van der Waals surface area contributed by atoms with Gasteiger partial charge in [-0.3, -0.25) is 0 Å². The molecule has 14 heavy (non-hydrogen) atoms. The lowest BCUT2D eigenvalue weighted by atomic mass is 10.3. The zero-order valence-electron chi connectivity index (χ0n) is 7.54. The molecule has 0 aliphatic rings. The van der Waals surface area contributed by atoms with E-state index in [0.717, 1.165) is 0 Å². The van der Waals surface area contributed by atoms with Gasteiger partial charge < -0.3 is 4.74 Å². The average Bonchev–Trinajstić information content (AvgIpc) is 2.64. The number of aromatic nitrogens is 4. The van der Waals surface area contributed by atoms with Crippen LogP contribution in [0, 0.1) is 0 Å². The minimum Gasteiger partial charge on any atom is -0.462 e. The zero-order chi connectivity index (χ0) is 9.97. The fourth-order valence-corrected chi connectivity index (χ4v) is 1.04. The normalized spacial score (nSPS) is 10.4. The van der Waals surface area contributed by atoms with Gasteiger partial charge in [0, 0.05) is 12.4 Å². The quantitative estimate of drug-likeness (QED) is 0.640. The first-order valence-electron chi connectivity index (χ1n) is 4.13. The Morgan fingerprint density at radius 2 is 2.43 bits per heavy atom. The van der Waals surface area contributed by atoms with Crippen LogP contribution in [0.4, 0.5) is 0 Å². The standard InChI is InChI=1S/C8H8N4O2/c1-2-14-7(13)6-3-9-8-10-5-11-12(8)4-6/h3-5H,2H2,1H3. The van der Waals surface area contributed by atoms with Crippen LogP contribution in [0.2, 0.25) is 0 Å². The number of nitrogens with zero attached hydrogens (tertiary/aromatic N) is 4. The van der Waals surface area contributed by atoms with Gasteiger partial charge in [0.2, 0.25) is 0 Å². The third-order valence-corrected chi connectivity index (χ3v) is 1.65. The summed E-state index contributed by atoms with van der Waals surface area (Å²) >= 11 is 0. The van der Waals surface area contributed by atoms with E-state index >= 15 is 0 Å². The van der Waals surface area contributed by atoms with Gasteiger partial charge in [-0.05, 0) is 6.92 Å². The Morgan fingerprint density at radius 3 is 3.21 bits per heavy atom. The molecule has 0 saturated heterocycles. The minimum absolute atomic E-state index is 0.341. The van der Waals surface area contributed by atoms with Crippen LogP contribution in [-0.4, -0.2) is 32.2 Å². The van der Waals surface area contributed by atoms with Gasteiger partial charge >= 0.3 is 5.97 Å². The van der Waals surface area contributed by atoms with Crippen LogP contribution in [0.25, 0.3) is 5.78 Å². The number of carbonyl (C=O) groups excluding carboxylic acids is 1. The smallest absolute Gasteiger partial charge is 0.341 e. The molecule has 2 aromatic rings. The molecule has 0 atom stereocenters. The average molecular weight is 192 g/mol. The highest BCUT2D eigenvalue weighted by Gasteiger charge is 2.08. The summed E-state index contributed by atoms with van der Waals surface area (Å²) in [5.41, 5.74) is 0.366. The summed E-state index contributed by atoms with van der Waals surface area (Å²) in [6, 6.07) is 0. The van der Waals surface area contributed by atoms with Gasteiger partial charge in [0.15, 0.2) is 0 Å². The minimum atomic E-state index is -0.405. The maximum absolute atomic E-state index is 11.3. The van der Waals surface area contributed by atoms with Crippen molar-refractivity contribution >= 4 is 11.7 Å². The van der Waals surface area contributed by atoms with Crippen molar-refractivity contribution in [3.63, 3.8) is 0 Å². The monoisotopic (exact) mass is 192 g/mol.